The van der Waals surface area contributed by atoms with Gasteiger partial charge in [-0.2, -0.15) is 6.07 Å². The Balaban J connectivity index is 2.89. The van der Waals surface area contributed by atoms with Crippen molar-refractivity contribution in [2.24, 2.45) is 0 Å². The monoisotopic (exact) mass is 126 g/mol. The second-order valence-electron chi connectivity index (χ2n) is 2.19. The average Bonchev–Trinajstić information content (AvgIpc) is 2.05. The third-order valence-electron chi connectivity index (χ3n) is 1.51. The quantitative estimate of drug-likeness (QED) is 0.475. The van der Waals surface area contributed by atoms with Gasteiger partial charge in [0.25, 0.3) is 0 Å². The van der Waals surface area contributed by atoms with Crippen LogP contribution in [0.25, 0.3) is 10.8 Å². The van der Waals surface area contributed by atoms with Crippen LogP contribution in [0.3, 0.4) is 0 Å². The lowest BCUT2D eigenvalue weighted by molar-refractivity contribution is 1.73. The molecule has 0 aliphatic rings. The molecule has 0 heterocycles. The van der Waals surface area contributed by atoms with Crippen LogP contribution in [-0.4, -0.2) is 0 Å². The highest BCUT2D eigenvalue weighted by atomic mass is 13.9. The van der Waals surface area contributed by atoms with Crippen molar-refractivity contribution in [3.63, 3.8) is 0 Å². The predicted molar refractivity (Wildman–Crippen MR) is 41.6 cm³/mol. The molecule has 48 valence electrons. The molecular formula is C10H6-2. The van der Waals surface area contributed by atoms with E-state index in [1.165, 1.54) is 5.39 Å². The van der Waals surface area contributed by atoms with Gasteiger partial charge < -0.3 is 18.2 Å². The molecule has 0 aliphatic heterocycles. The first-order valence-corrected chi connectivity index (χ1v) is 3.23. The van der Waals surface area contributed by atoms with Crippen molar-refractivity contribution < 1.29 is 0 Å². The fourth-order valence-electron chi connectivity index (χ4n) is 1.01. The molecule has 0 fully saturated rings. The van der Waals surface area contributed by atoms with Crippen molar-refractivity contribution in [1.29, 1.82) is 0 Å². The standard InChI is InChI=1S/C10H6/c1-2-6-10-8-4-3-7-9(10)5-1/h1-3,5-6,8H/q-2. The minimum absolute atomic E-state index is 1.15. The summed E-state index contributed by atoms with van der Waals surface area (Å²) < 4.78 is 0. The molecule has 0 unspecified atom stereocenters. The Labute approximate surface area is 60.1 Å². The maximum absolute atomic E-state index is 3.10. The summed E-state index contributed by atoms with van der Waals surface area (Å²) in [5.41, 5.74) is 0. The maximum atomic E-state index is 3.10. The van der Waals surface area contributed by atoms with Crippen LogP contribution >= 0.6 is 0 Å². The highest BCUT2D eigenvalue weighted by Crippen LogP contribution is 2.10. The van der Waals surface area contributed by atoms with Crippen LogP contribution < -0.4 is 0 Å². The number of hydrogen-bond donors (Lipinski definition) is 0. The first kappa shape index (κ1) is 5.48. The molecule has 0 radical (unpaired) electrons. The molecule has 0 amide bonds. The second kappa shape index (κ2) is 2.14. The first-order chi connectivity index (χ1) is 4.97. The summed E-state index contributed by atoms with van der Waals surface area (Å²) in [6.45, 7) is 0. The summed E-state index contributed by atoms with van der Waals surface area (Å²) in [6.07, 6.45) is 0. The molecule has 0 aromatic heterocycles. The lowest BCUT2D eigenvalue weighted by Gasteiger charge is -2.12. The fourth-order valence-corrected chi connectivity index (χ4v) is 1.01. The van der Waals surface area contributed by atoms with E-state index in [0.29, 0.717) is 0 Å². The van der Waals surface area contributed by atoms with E-state index in [1.807, 2.05) is 30.3 Å². The second-order valence-corrected chi connectivity index (χ2v) is 2.19. The van der Waals surface area contributed by atoms with Gasteiger partial charge in [0.15, 0.2) is 0 Å². The smallest absolute Gasteiger partial charge is 0.0675 e. The third kappa shape index (κ3) is 0.781. The van der Waals surface area contributed by atoms with Gasteiger partial charge in [-0.05, 0) is 0 Å². The van der Waals surface area contributed by atoms with Crippen LogP contribution in [0, 0.1) is 12.1 Å². The van der Waals surface area contributed by atoms with E-state index >= 15 is 0 Å². The minimum Gasteiger partial charge on any atom is -0.358 e. The Hall–Kier alpha value is -1.30. The van der Waals surface area contributed by atoms with Crippen molar-refractivity contribution in [3.05, 3.63) is 48.5 Å². The lowest BCUT2D eigenvalue weighted by Crippen LogP contribution is -1.68. The maximum Gasteiger partial charge on any atom is -0.0675 e. The Morgan fingerprint density at radius 1 is 1.10 bits per heavy atom. The average molecular weight is 126 g/mol. The number of hydrogen-bond acceptors (Lipinski definition) is 0. The summed E-state index contributed by atoms with van der Waals surface area (Å²) >= 11 is 0. The first-order valence-electron chi connectivity index (χ1n) is 3.23. The molecule has 0 atom stereocenters. The molecule has 2 rings (SSSR count). The van der Waals surface area contributed by atoms with Crippen LogP contribution in [0.1, 0.15) is 0 Å². The van der Waals surface area contributed by atoms with Crippen LogP contribution in [-0.2, 0) is 0 Å². The molecule has 0 saturated carbocycles. The largest absolute Gasteiger partial charge is 0.358 e. The van der Waals surface area contributed by atoms with E-state index in [0.717, 1.165) is 5.39 Å². The highest BCUT2D eigenvalue weighted by Gasteiger charge is 1.67. The topological polar surface area (TPSA) is 0 Å². The van der Waals surface area contributed by atoms with Gasteiger partial charge in [-0.3, -0.25) is 11.5 Å². The van der Waals surface area contributed by atoms with Crippen molar-refractivity contribution in [3.8, 4) is 0 Å². The van der Waals surface area contributed by atoms with Crippen molar-refractivity contribution in [1.82, 2.24) is 0 Å². The van der Waals surface area contributed by atoms with Gasteiger partial charge in [0.2, 0.25) is 0 Å². The van der Waals surface area contributed by atoms with Crippen LogP contribution in [0.5, 0.6) is 0 Å². The van der Waals surface area contributed by atoms with Gasteiger partial charge in [0, 0.05) is 0 Å². The molecule has 2 aromatic carbocycles. The molecule has 0 aliphatic carbocycles. The Kier molecular flexibility index (Phi) is 1.17. The van der Waals surface area contributed by atoms with E-state index < -0.39 is 0 Å². The van der Waals surface area contributed by atoms with E-state index in [1.54, 1.807) is 0 Å². The van der Waals surface area contributed by atoms with Crippen LogP contribution in [0.15, 0.2) is 36.4 Å². The van der Waals surface area contributed by atoms with E-state index in [2.05, 4.69) is 18.2 Å². The van der Waals surface area contributed by atoms with Crippen LogP contribution in [0.4, 0.5) is 0 Å². The molecule has 0 saturated heterocycles. The summed E-state index contributed by atoms with van der Waals surface area (Å²) in [6, 6.07) is 18.0. The molecule has 0 N–H and O–H groups in total. The predicted octanol–water partition coefficient (Wildman–Crippen LogP) is 2.44. The van der Waals surface area contributed by atoms with Gasteiger partial charge >= 0.3 is 0 Å². The summed E-state index contributed by atoms with van der Waals surface area (Å²) in [7, 11) is 0. The lowest BCUT2D eigenvalue weighted by atomic mass is 10.1. The highest BCUT2D eigenvalue weighted by molar-refractivity contribution is 5.81. The Morgan fingerprint density at radius 3 is 2.90 bits per heavy atom. The van der Waals surface area contributed by atoms with Crippen molar-refractivity contribution in [2.75, 3.05) is 0 Å². The van der Waals surface area contributed by atoms with Gasteiger partial charge in [0.1, 0.15) is 0 Å². The van der Waals surface area contributed by atoms with Crippen LogP contribution in [0.2, 0.25) is 0 Å². The van der Waals surface area contributed by atoms with E-state index in [9.17, 15) is 0 Å². The molecule has 2 aromatic rings. The SMILES string of the molecule is [c-]1c[c-]c2ccccc2c1. The Bertz CT molecular complexity index is 271. The van der Waals surface area contributed by atoms with Crippen molar-refractivity contribution in [2.45, 2.75) is 0 Å². The molecule has 0 bridgehead atoms. The van der Waals surface area contributed by atoms with Gasteiger partial charge in [0.05, 0.1) is 0 Å². The minimum atomic E-state index is 1.15. The normalized spacial score (nSPS) is 10.0. The van der Waals surface area contributed by atoms with Gasteiger partial charge in [-0.15, -0.1) is 6.07 Å². The molecule has 0 nitrogen and oxygen atoms in total. The van der Waals surface area contributed by atoms with Crippen molar-refractivity contribution >= 4 is 10.8 Å². The zero-order valence-electron chi connectivity index (χ0n) is 5.46. The molecule has 10 heavy (non-hydrogen) atoms. The Morgan fingerprint density at radius 2 is 2.00 bits per heavy atom. The number of fused-ring (bicyclic) bond motifs is 1. The fraction of sp³-hybridized carbons (Fsp3) is 0. The number of rotatable bonds is 0. The summed E-state index contributed by atoms with van der Waals surface area (Å²) in [4.78, 5) is 0. The molecule has 0 spiro atoms. The summed E-state index contributed by atoms with van der Waals surface area (Å²) in [5, 5.41) is 2.35. The van der Waals surface area contributed by atoms with E-state index in [-0.39, 0.29) is 0 Å². The zero-order valence-corrected chi connectivity index (χ0v) is 5.46. The van der Waals surface area contributed by atoms with Gasteiger partial charge in [-0.25, -0.2) is 5.39 Å². The van der Waals surface area contributed by atoms with Gasteiger partial charge in [-0.1, -0.05) is 12.1 Å². The number of benzene rings is 2. The zero-order chi connectivity index (χ0) is 6.81. The van der Waals surface area contributed by atoms with E-state index in [4.69, 9.17) is 0 Å². The third-order valence-corrected chi connectivity index (χ3v) is 1.51. The summed E-state index contributed by atoms with van der Waals surface area (Å²) in [5.74, 6) is 0. The molecular weight excluding hydrogens is 120 g/mol. The molecule has 0 heteroatoms.